The molecule has 0 amide bonds. The van der Waals surface area contributed by atoms with E-state index in [0.29, 0.717) is 17.4 Å². The van der Waals surface area contributed by atoms with Crippen LogP contribution in [0.15, 0.2) is 115 Å². The van der Waals surface area contributed by atoms with Gasteiger partial charge in [0, 0.05) is 61.3 Å². The van der Waals surface area contributed by atoms with Crippen molar-refractivity contribution in [2.45, 2.75) is 64.2 Å². The first-order valence-corrected chi connectivity index (χ1v) is 18.6. The Kier molecular flexibility index (Phi) is 10.1. The minimum atomic E-state index is -0.267. The topological polar surface area (TPSA) is 33.5 Å². The molecule has 0 radical (unpaired) electrons. The van der Waals surface area contributed by atoms with Crippen LogP contribution in [0.4, 0.5) is 27.1 Å². The second-order valence-corrected chi connectivity index (χ2v) is 13.9. The maximum absolute atomic E-state index is 14.4. The molecule has 1 fully saturated rings. The largest absolute Gasteiger partial charge is 0.509 e. The van der Waals surface area contributed by atoms with Gasteiger partial charge in [-0.15, -0.1) is 53.6 Å². The number of benzene rings is 5. The second-order valence-electron chi connectivity index (χ2n) is 13.9. The predicted octanol–water partition coefficient (Wildman–Crippen LogP) is 12.5. The first-order chi connectivity index (χ1) is 25.6. The minimum absolute atomic E-state index is 0. The molecule has 7 aromatic rings. The molecule has 0 N–H and O–H groups in total. The molecular formula is C46H40FN4OPt-3. The standard InChI is InChI=1S/C46H40FN4O.Pt/c1-2-32-23-24-48-46(25-32)51-42-18-9-8-17-40(42)41-22-21-38(30-45(41)51)52-39-27-34(33-13-6-4-3-5-7-14-33)26-37(29-39)50-31-49(36-16-12-15-35(47)28-36)43-19-10-11-20-44(43)50;/h8-12,15-28,31,33H,2-7,13-14H2,1H3;/q-3;. The van der Waals surface area contributed by atoms with Crippen LogP contribution in [0.25, 0.3) is 27.6 Å². The zero-order valence-corrected chi connectivity index (χ0v) is 31.9. The van der Waals surface area contributed by atoms with E-state index >= 15 is 0 Å². The molecule has 1 saturated carbocycles. The van der Waals surface area contributed by atoms with Gasteiger partial charge in [-0.1, -0.05) is 80.9 Å². The summed E-state index contributed by atoms with van der Waals surface area (Å²) in [5.74, 6) is 2.29. The van der Waals surface area contributed by atoms with E-state index in [4.69, 9.17) is 9.72 Å². The number of aryl methyl sites for hydroxylation is 1. The van der Waals surface area contributed by atoms with E-state index < -0.39 is 0 Å². The Morgan fingerprint density at radius 3 is 2.34 bits per heavy atom. The quantitative estimate of drug-likeness (QED) is 0.149. The second kappa shape index (κ2) is 15.2. The van der Waals surface area contributed by atoms with Crippen LogP contribution in [0.2, 0.25) is 0 Å². The van der Waals surface area contributed by atoms with E-state index in [1.165, 1.54) is 49.3 Å². The van der Waals surface area contributed by atoms with Crippen LogP contribution in [0.1, 0.15) is 68.9 Å². The molecule has 0 spiro atoms. The minimum Gasteiger partial charge on any atom is -0.509 e. The van der Waals surface area contributed by atoms with Gasteiger partial charge in [-0.2, -0.15) is 6.07 Å². The number of anilines is 4. The zero-order chi connectivity index (χ0) is 35.0. The van der Waals surface area contributed by atoms with Crippen molar-refractivity contribution >= 4 is 44.6 Å². The van der Waals surface area contributed by atoms with Crippen LogP contribution >= 0.6 is 0 Å². The average molecular weight is 879 g/mol. The normalized spacial score (nSPS) is 14.9. The van der Waals surface area contributed by atoms with Crippen LogP contribution < -0.4 is 14.5 Å². The Hall–Kier alpha value is -4.93. The van der Waals surface area contributed by atoms with Crippen molar-refractivity contribution in [3.05, 3.63) is 151 Å². The van der Waals surface area contributed by atoms with Crippen molar-refractivity contribution in [1.29, 1.82) is 0 Å². The Morgan fingerprint density at radius 2 is 1.53 bits per heavy atom. The van der Waals surface area contributed by atoms with Crippen LogP contribution in [0.3, 0.4) is 0 Å². The van der Waals surface area contributed by atoms with E-state index in [-0.39, 0.29) is 26.9 Å². The maximum Gasteiger partial charge on any atom is 0.135 e. The smallest absolute Gasteiger partial charge is 0.135 e. The fourth-order valence-corrected chi connectivity index (χ4v) is 7.99. The molecule has 2 aliphatic rings. The Balaban J connectivity index is 0.00000400. The third kappa shape index (κ3) is 6.86. The summed E-state index contributed by atoms with van der Waals surface area (Å²) < 4.78 is 23.4. The maximum atomic E-state index is 14.4. The van der Waals surface area contributed by atoms with Gasteiger partial charge in [-0.05, 0) is 84.7 Å². The molecule has 270 valence electrons. The van der Waals surface area contributed by atoms with E-state index in [2.05, 4.69) is 95.3 Å². The van der Waals surface area contributed by atoms with Crippen molar-refractivity contribution in [3.8, 4) is 17.3 Å². The van der Waals surface area contributed by atoms with E-state index in [9.17, 15) is 4.39 Å². The summed E-state index contributed by atoms with van der Waals surface area (Å²) >= 11 is 0. The number of hydrogen-bond acceptors (Lipinski definition) is 4. The molecule has 1 aliphatic heterocycles. The van der Waals surface area contributed by atoms with Gasteiger partial charge in [0.15, 0.2) is 0 Å². The van der Waals surface area contributed by atoms with E-state index in [0.717, 1.165) is 69.6 Å². The van der Waals surface area contributed by atoms with Gasteiger partial charge < -0.3 is 19.1 Å². The fourth-order valence-electron chi connectivity index (χ4n) is 7.99. The van der Waals surface area contributed by atoms with Gasteiger partial charge in [0.1, 0.15) is 11.6 Å². The van der Waals surface area contributed by atoms with Crippen molar-refractivity contribution in [1.82, 2.24) is 9.55 Å². The van der Waals surface area contributed by atoms with Gasteiger partial charge in [-0.25, -0.2) is 9.37 Å². The number of hydrogen-bond donors (Lipinski definition) is 0. The van der Waals surface area contributed by atoms with Crippen LogP contribution in [-0.2, 0) is 27.5 Å². The van der Waals surface area contributed by atoms with Crippen LogP contribution in [0.5, 0.6) is 11.5 Å². The third-order valence-corrected chi connectivity index (χ3v) is 10.6. The number of nitrogens with zero attached hydrogens (tertiary/aromatic N) is 4. The summed E-state index contributed by atoms with van der Waals surface area (Å²) in [5.41, 5.74) is 8.12. The molecule has 7 heteroatoms. The summed E-state index contributed by atoms with van der Waals surface area (Å²) in [6, 6.07) is 43.5. The molecule has 0 saturated heterocycles. The average Bonchev–Trinajstić information content (AvgIpc) is 3.71. The van der Waals surface area contributed by atoms with Gasteiger partial charge >= 0.3 is 0 Å². The summed E-state index contributed by atoms with van der Waals surface area (Å²) in [7, 11) is 0. The molecule has 5 aromatic carbocycles. The molecule has 0 atom stereocenters. The van der Waals surface area contributed by atoms with Crippen molar-refractivity contribution in [3.63, 3.8) is 0 Å². The zero-order valence-electron chi connectivity index (χ0n) is 29.7. The number of para-hydroxylation sites is 3. The summed E-state index contributed by atoms with van der Waals surface area (Å²) in [5, 5.41) is 2.25. The van der Waals surface area contributed by atoms with Crippen LogP contribution in [0, 0.1) is 24.6 Å². The molecule has 3 heterocycles. The van der Waals surface area contributed by atoms with Gasteiger partial charge in [-0.3, -0.25) is 0 Å². The first-order valence-electron chi connectivity index (χ1n) is 18.6. The van der Waals surface area contributed by atoms with Gasteiger partial charge in [0.2, 0.25) is 0 Å². The number of fused-ring (bicyclic) bond motifs is 4. The van der Waals surface area contributed by atoms with Crippen molar-refractivity contribution < 1.29 is 30.2 Å². The monoisotopic (exact) mass is 878 g/mol. The predicted molar refractivity (Wildman–Crippen MR) is 209 cm³/mol. The van der Waals surface area contributed by atoms with Crippen LogP contribution in [-0.4, -0.2) is 9.55 Å². The molecule has 1 aliphatic carbocycles. The number of ether oxygens (including phenoxy) is 1. The molecule has 5 nitrogen and oxygen atoms in total. The van der Waals surface area contributed by atoms with Gasteiger partial charge in [0.25, 0.3) is 0 Å². The summed E-state index contributed by atoms with van der Waals surface area (Å²) in [6.07, 6.45) is 11.4. The molecule has 0 unspecified atom stereocenters. The Labute approximate surface area is 325 Å². The fraction of sp³-hybridized carbons (Fsp3) is 0.217. The van der Waals surface area contributed by atoms with Crippen molar-refractivity contribution in [2.75, 3.05) is 9.80 Å². The Bertz CT molecular complexity index is 2400. The van der Waals surface area contributed by atoms with Gasteiger partial charge in [0.05, 0.1) is 0 Å². The van der Waals surface area contributed by atoms with Crippen molar-refractivity contribution in [2.24, 2.45) is 0 Å². The summed E-state index contributed by atoms with van der Waals surface area (Å²) in [6.45, 7) is 4.20. The molecular weight excluding hydrogens is 839 g/mol. The molecule has 9 rings (SSSR count). The first kappa shape index (κ1) is 35.1. The van der Waals surface area contributed by atoms with E-state index in [1.54, 1.807) is 12.1 Å². The molecule has 53 heavy (non-hydrogen) atoms. The number of halogens is 1. The molecule has 0 bridgehead atoms. The Morgan fingerprint density at radius 1 is 0.755 bits per heavy atom. The molecule has 2 aromatic heterocycles. The number of pyridine rings is 1. The number of aromatic nitrogens is 2. The third-order valence-electron chi connectivity index (χ3n) is 10.6. The summed E-state index contributed by atoms with van der Waals surface area (Å²) in [4.78, 5) is 8.98. The number of rotatable bonds is 7. The SMILES string of the molecule is CCc1ccnc(-n2c3[c-]c(Oc4[c-]c(N5[CH-]N(c6cccc(F)c6)c6ccccc65)cc(C5CCCCCCC5)c4)ccc3c3ccccc32)c1.[Pt]. The van der Waals surface area contributed by atoms with E-state index in [1.807, 2.05) is 42.0 Å².